The largest absolute Gasteiger partial charge is 0.351 e. The standard InChI is InChI=1S/C20H31N3O.2ClH/c1-16-9-12-23(13-10-16)15-18-7-3-2-6-17(18)14-22-20(24)19-8-4-5-11-21-19;;/h2-3,6-7,16,19,21H,4-5,8-15H2,1H3,(H,22,24);2*1H. The van der Waals surface area contributed by atoms with Gasteiger partial charge in [-0.05, 0) is 62.4 Å². The van der Waals surface area contributed by atoms with E-state index in [4.69, 9.17) is 0 Å². The molecule has 0 aromatic heterocycles. The molecule has 1 aromatic carbocycles. The molecule has 4 nitrogen and oxygen atoms in total. The van der Waals surface area contributed by atoms with E-state index in [2.05, 4.69) is 46.7 Å². The number of carbonyl (C=O) groups excluding carboxylic acids is 1. The lowest BCUT2D eigenvalue weighted by atomic mass is 9.98. The summed E-state index contributed by atoms with van der Waals surface area (Å²) in [4.78, 5) is 14.9. The first-order valence-electron chi connectivity index (χ1n) is 9.52. The van der Waals surface area contributed by atoms with Crippen LogP contribution in [0.2, 0.25) is 0 Å². The van der Waals surface area contributed by atoms with Crippen molar-refractivity contribution in [2.45, 2.75) is 58.2 Å². The number of likely N-dealkylation sites (tertiary alicyclic amines) is 1. The zero-order valence-electron chi connectivity index (χ0n) is 15.7. The minimum absolute atomic E-state index is 0. The SMILES string of the molecule is CC1CCN(Cc2ccccc2CNC(=O)C2CCCCN2)CC1.Cl.Cl. The Morgan fingerprint density at radius 1 is 1.12 bits per heavy atom. The second-order valence-electron chi connectivity index (χ2n) is 7.45. The third kappa shape index (κ3) is 6.73. The molecule has 6 heteroatoms. The summed E-state index contributed by atoms with van der Waals surface area (Å²) in [6.07, 6.45) is 5.88. The lowest BCUT2D eigenvalue weighted by molar-refractivity contribution is -0.123. The fraction of sp³-hybridized carbons (Fsp3) is 0.650. The molecule has 3 rings (SSSR count). The summed E-state index contributed by atoms with van der Waals surface area (Å²) in [6.45, 7) is 7.32. The molecule has 0 spiro atoms. The number of carbonyl (C=O) groups is 1. The van der Waals surface area contributed by atoms with Gasteiger partial charge in [0.15, 0.2) is 0 Å². The molecule has 1 atom stereocenters. The molecular weight excluding hydrogens is 369 g/mol. The summed E-state index contributed by atoms with van der Waals surface area (Å²) in [5.41, 5.74) is 2.60. The van der Waals surface area contributed by atoms with Crippen LogP contribution in [-0.4, -0.2) is 36.5 Å². The van der Waals surface area contributed by atoms with E-state index >= 15 is 0 Å². The first-order chi connectivity index (χ1) is 11.7. The first-order valence-corrected chi connectivity index (χ1v) is 9.52. The predicted octanol–water partition coefficient (Wildman–Crippen LogP) is 3.52. The molecule has 0 radical (unpaired) electrons. The molecule has 1 unspecified atom stereocenters. The van der Waals surface area contributed by atoms with E-state index in [-0.39, 0.29) is 36.8 Å². The quantitative estimate of drug-likeness (QED) is 0.792. The number of benzene rings is 1. The van der Waals surface area contributed by atoms with E-state index in [1.807, 2.05) is 0 Å². The normalized spacial score (nSPS) is 21.3. The number of nitrogens with zero attached hydrogens (tertiary/aromatic N) is 1. The highest BCUT2D eigenvalue weighted by atomic mass is 35.5. The van der Waals surface area contributed by atoms with E-state index in [1.54, 1.807) is 0 Å². The molecular formula is C20H33Cl2N3O. The molecule has 1 amide bonds. The highest BCUT2D eigenvalue weighted by Gasteiger charge is 2.21. The summed E-state index contributed by atoms with van der Waals surface area (Å²) in [5.74, 6) is 1.01. The van der Waals surface area contributed by atoms with Crippen molar-refractivity contribution < 1.29 is 4.79 Å². The van der Waals surface area contributed by atoms with Crippen LogP contribution in [0.25, 0.3) is 0 Å². The molecule has 2 fully saturated rings. The molecule has 1 aromatic rings. The maximum atomic E-state index is 12.3. The first kappa shape index (κ1) is 23.2. The van der Waals surface area contributed by atoms with Gasteiger partial charge in [0.25, 0.3) is 0 Å². The molecule has 0 bridgehead atoms. The second kappa shape index (κ2) is 11.8. The van der Waals surface area contributed by atoms with Crippen LogP contribution in [0.5, 0.6) is 0 Å². The van der Waals surface area contributed by atoms with Crippen molar-refractivity contribution in [2.75, 3.05) is 19.6 Å². The Bertz CT molecular complexity index is 542. The van der Waals surface area contributed by atoms with Crippen molar-refractivity contribution in [2.24, 2.45) is 5.92 Å². The highest BCUT2D eigenvalue weighted by Crippen LogP contribution is 2.19. The molecule has 2 N–H and O–H groups in total. The topological polar surface area (TPSA) is 44.4 Å². The van der Waals surface area contributed by atoms with E-state index in [0.717, 1.165) is 31.8 Å². The second-order valence-corrected chi connectivity index (χ2v) is 7.45. The van der Waals surface area contributed by atoms with Crippen molar-refractivity contribution in [1.29, 1.82) is 0 Å². The van der Waals surface area contributed by atoms with Crippen LogP contribution < -0.4 is 10.6 Å². The Labute approximate surface area is 170 Å². The molecule has 2 aliphatic heterocycles. The molecule has 2 aliphatic rings. The van der Waals surface area contributed by atoms with Crippen molar-refractivity contribution in [3.8, 4) is 0 Å². The van der Waals surface area contributed by atoms with Gasteiger partial charge in [0.1, 0.15) is 0 Å². The number of amides is 1. The van der Waals surface area contributed by atoms with Crippen LogP contribution in [0.15, 0.2) is 24.3 Å². The minimum atomic E-state index is -0.00510. The maximum Gasteiger partial charge on any atom is 0.237 e. The Kier molecular flexibility index (Phi) is 10.6. The van der Waals surface area contributed by atoms with Crippen LogP contribution in [0.3, 0.4) is 0 Å². The van der Waals surface area contributed by atoms with Gasteiger partial charge in [-0.2, -0.15) is 0 Å². The fourth-order valence-corrected chi connectivity index (χ4v) is 3.73. The van der Waals surface area contributed by atoms with Gasteiger partial charge in [0.2, 0.25) is 5.91 Å². The Morgan fingerprint density at radius 2 is 1.81 bits per heavy atom. The third-order valence-electron chi connectivity index (χ3n) is 5.47. The zero-order chi connectivity index (χ0) is 16.8. The minimum Gasteiger partial charge on any atom is -0.351 e. The van der Waals surface area contributed by atoms with Crippen molar-refractivity contribution in [3.63, 3.8) is 0 Å². The van der Waals surface area contributed by atoms with Gasteiger partial charge in [0.05, 0.1) is 6.04 Å². The van der Waals surface area contributed by atoms with Gasteiger partial charge >= 0.3 is 0 Å². The van der Waals surface area contributed by atoms with Gasteiger partial charge in [0, 0.05) is 13.1 Å². The van der Waals surface area contributed by atoms with Gasteiger partial charge < -0.3 is 10.6 Å². The third-order valence-corrected chi connectivity index (χ3v) is 5.47. The van der Waals surface area contributed by atoms with Gasteiger partial charge in [-0.25, -0.2) is 0 Å². The molecule has 2 heterocycles. The summed E-state index contributed by atoms with van der Waals surface area (Å²) < 4.78 is 0. The number of piperidine rings is 2. The lowest BCUT2D eigenvalue weighted by Gasteiger charge is -2.30. The van der Waals surface area contributed by atoms with Gasteiger partial charge in [-0.15, -0.1) is 24.8 Å². The van der Waals surface area contributed by atoms with E-state index in [1.165, 1.54) is 43.5 Å². The summed E-state index contributed by atoms with van der Waals surface area (Å²) in [5, 5.41) is 6.45. The van der Waals surface area contributed by atoms with Crippen molar-refractivity contribution in [1.82, 2.24) is 15.5 Å². The number of hydrogen-bond acceptors (Lipinski definition) is 3. The Morgan fingerprint density at radius 3 is 2.46 bits per heavy atom. The summed E-state index contributed by atoms with van der Waals surface area (Å²) in [6, 6.07) is 8.53. The van der Waals surface area contributed by atoms with Crippen LogP contribution >= 0.6 is 24.8 Å². The van der Waals surface area contributed by atoms with Crippen molar-refractivity contribution >= 4 is 30.7 Å². The number of hydrogen-bond donors (Lipinski definition) is 2. The molecule has 26 heavy (non-hydrogen) atoms. The summed E-state index contributed by atoms with van der Waals surface area (Å²) >= 11 is 0. The predicted molar refractivity (Wildman–Crippen MR) is 112 cm³/mol. The molecule has 148 valence electrons. The van der Waals surface area contributed by atoms with Crippen LogP contribution in [0, 0.1) is 5.92 Å². The van der Waals surface area contributed by atoms with Crippen molar-refractivity contribution in [3.05, 3.63) is 35.4 Å². The highest BCUT2D eigenvalue weighted by molar-refractivity contribution is 5.85. The van der Waals surface area contributed by atoms with E-state index in [0.29, 0.717) is 6.54 Å². The van der Waals surface area contributed by atoms with E-state index < -0.39 is 0 Å². The fourth-order valence-electron chi connectivity index (χ4n) is 3.73. The number of halogens is 2. The average molecular weight is 402 g/mol. The van der Waals surface area contributed by atoms with Gasteiger partial charge in [-0.1, -0.05) is 37.6 Å². The number of rotatable bonds is 5. The Balaban J connectivity index is 0.00000169. The van der Waals surface area contributed by atoms with E-state index in [9.17, 15) is 4.79 Å². The summed E-state index contributed by atoms with van der Waals surface area (Å²) in [7, 11) is 0. The molecule has 0 saturated carbocycles. The van der Waals surface area contributed by atoms with Gasteiger partial charge in [-0.3, -0.25) is 9.69 Å². The monoisotopic (exact) mass is 401 g/mol. The van der Waals surface area contributed by atoms with Crippen LogP contribution in [-0.2, 0) is 17.9 Å². The van der Waals surface area contributed by atoms with Crippen LogP contribution in [0.4, 0.5) is 0 Å². The lowest BCUT2D eigenvalue weighted by Crippen LogP contribution is -2.46. The molecule has 2 saturated heterocycles. The number of nitrogens with one attached hydrogen (secondary N) is 2. The Hall–Kier alpha value is -0.810. The average Bonchev–Trinajstić information content (AvgIpc) is 2.63. The zero-order valence-corrected chi connectivity index (χ0v) is 17.3. The maximum absolute atomic E-state index is 12.3. The smallest absolute Gasteiger partial charge is 0.237 e. The van der Waals surface area contributed by atoms with Crippen LogP contribution in [0.1, 0.15) is 50.2 Å². The molecule has 0 aliphatic carbocycles.